The quantitative estimate of drug-likeness (QED) is 0.345. The van der Waals surface area contributed by atoms with Gasteiger partial charge in [0, 0.05) is 11.1 Å². The van der Waals surface area contributed by atoms with Crippen molar-refractivity contribution >= 4 is 23.3 Å². The zero-order valence-electron chi connectivity index (χ0n) is 17.9. The van der Waals surface area contributed by atoms with Crippen LogP contribution in [-0.2, 0) is 9.47 Å². The maximum absolute atomic E-state index is 9.47. The predicted molar refractivity (Wildman–Crippen MR) is 126 cm³/mol. The number of benzene rings is 2. The van der Waals surface area contributed by atoms with E-state index in [0.717, 1.165) is 22.3 Å². The molecule has 0 amide bonds. The van der Waals surface area contributed by atoms with Gasteiger partial charge in [0.05, 0.1) is 18.9 Å². The van der Waals surface area contributed by atoms with Crippen molar-refractivity contribution in [3.8, 4) is 23.4 Å². The van der Waals surface area contributed by atoms with Crippen LogP contribution in [0.4, 0.5) is 17.3 Å². The number of aromatic nitrogens is 1. The second-order valence-corrected chi connectivity index (χ2v) is 7.72. The number of fused-ring (bicyclic) bond motifs is 1. The molecule has 2 aliphatic heterocycles. The Labute approximate surface area is 195 Å². The summed E-state index contributed by atoms with van der Waals surface area (Å²) in [6.07, 6.45) is 1.54. The second kappa shape index (κ2) is 8.71. The number of nitrogens with one attached hydrogen (secondary N) is 2. The molecular weight excluding hydrogens is 432 g/mol. The summed E-state index contributed by atoms with van der Waals surface area (Å²) in [5, 5.41) is 23.9. The van der Waals surface area contributed by atoms with Crippen LogP contribution in [0.3, 0.4) is 0 Å². The van der Waals surface area contributed by atoms with Crippen molar-refractivity contribution in [2.24, 2.45) is 4.99 Å². The van der Waals surface area contributed by atoms with Crippen molar-refractivity contribution in [1.29, 1.82) is 10.5 Å². The third-order valence-electron chi connectivity index (χ3n) is 5.72. The lowest BCUT2D eigenvalue weighted by atomic mass is 9.93. The molecule has 2 aliphatic rings. The molecule has 34 heavy (non-hydrogen) atoms. The lowest BCUT2D eigenvalue weighted by Crippen LogP contribution is -2.32. The first-order valence-electron chi connectivity index (χ1n) is 10.5. The van der Waals surface area contributed by atoms with Gasteiger partial charge >= 0.3 is 0 Å². The molecule has 1 saturated heterocycles. The molecule has 3 heterocycles. The van der Waals surface area contributed by atoms with Gasteiger partial charge in [-0.1, -0.05) is 48.5 Å². The Hall–Kier alpha value is -4.64. The zero-order chi connectivity index (χ0) is 23.7. The molecule has 1 unspecified atom stereocenters. The van der Waals surface area contributed by atoms with E-state index in [4.69, 9.17) is 26.2 Å². The molecule has 1 aromatic heterocycles. The summed E-state index contributed by atoms with van der Waals surface area (Å²) in [5.74, 6) is 0.574. The number of nitriles is 2. The number of hydrogen-bond acceptors (Lipinski definition) is 10. The lowest BCUT2D eigenvalue weighted by Gasteiger charge is -2.26. The van der Waals surface area contributed by atoms with Crippen molar-refractivity contribution < 1.29 is 9.47 Å². The normalized spacial score (nSPS) is 17.1. The van der Waals surface area contributed by atoms with Crippen molar-refractivity contribution in [3.63, 3.8) is 0 Å². The molecule has 2 aromatic carbocycles. The van der Waals surface area contributed by atoms with Gasteiger partial charge in [-0.05, 0) is 16.7 Å². The summed E-state index contributed by atoms with van der Waals surface area (Å²) in [7, 11) is 0. The van der Waals surface area contributed by atoms with Gasteiger partial charge < -0.3 is 26.3 Å². The minimum Gasteiger partial charge on any atom is -0.397 e. The summed E-state index contributed by atoms with van der Waals surface area (Å²) in [6, 6.07) is 17.3. The standard InChI is InChI=1S/C24H20N8O2/c25-11-17-19(27)18-20(30-24(29-12-26)32-22(18)31-21(17)28)15-5-1-13(2-6-15)14-3-7-16(8-4-14)23-33-9-10-34-23/h1-8,20,23H,9-10H2,(H6,27,28,29,30,31,32). The van der Waals surface area contributed by atoms with Crippen LogP contribution in [0.1, 0.15) is 34.6 Å². The molecule has 10 heteroatoms. The number of ether oxygens (including phenoxy) is 2. The summed E-state index contributed by atoms with van der Waals surface area (Å²) in [6.45, 7) is 1.20. The first-order valence-corrected chi connectivity index (χ1v) is 10.5. The van der Waals surface area contributed by atoms with E-state index in [-0.39, 0.29) is 29.3 Å². The molecule has 10 nitrogen and oxygen atoms in total. The van der Waals surface area contributed by atoms with Gasteiger partial charge in [0.25, 0.3) is 0 Å². The third-order valence-corrected chi connectivity index (χ3v) is 5.72. The summed E-state index contributed by atoms with van der Waals surface area (Å²) >= 11 is 0. The number of aliphatic imine (C=N–C) groups is 1. The van der Waals surface area contributed by atoms with Crippen LogP contribution in [-0.4, -0.2) is 24.2 Å². The molecule has 0 spiro atoms. The van der Waals surface area contributed by atoms with Crippen molar-refractivity contribution in [2.45, 2.75) is 12.3 Å². The highest BCUT2D eigenvalue weighted by molar-refractivity contribution is 5.98. The van der Waals surface area contributed by atoms with Gasteiger partial charge in [0.1, 0.15) is 29.3 Å². The number of nitrogens with two attached hydrogens (primary N) is 2. The minimum atomic E-state index is -0.583. The molecule has 0 aliphatic carbocycles. The fourth-order valence-corrected chi connectivity index (χ4v) is 4.06. The lowest BCUT2D eigenvalue weighted by molar-refractivity contribution is -0.0441. The molecule has 1 fully saturated rings. The fraction of sp³-hybridized carbons (Fsp3) is 0.167. The Morgan fingerprint density at radius 1 is 0.941 bits per heavy atom. The van der Waals surface area contributed by atoms with Crippen LogP contribution in [0, 0.1) is 22.8 Å². The molecule has 0 saturated carbocycles. The van der Waals surface area contributed by atoms with E-state index in [9.17, 15) is 5.26 Å². The van der Waals surface area contributed by atoms with Gasteiger partial charge in [-0.25, -0.2) is 9.98 Å². The number of anilines is 3. The number of nitrogens with zero attached hydrogens (tertiary/aromatic N) is 4. The third kappa shape index (κ3) is 3.73. The SMILES string of the molecule is N#CNC1=NC(c2ccc(-c3ccc(C4OCCO4)cc3)cc2)c2c(nc(N)c(C#N)c2N)N1. The molecular formula is C24H20N8O2. The monoisotopic (exact) mass is 452 g/mol. The van der Waals surface area contributed by atoms with Crippen LogP contribution in [0.2, 0.25) is 0 Å². The topological polar surface area (TPSA) is 167 Å². The average Bonchev–Trinajstić information content (AvgIpc) is 3.39. The van der Waals surface area contributed by atoms with Crippen LogP contribution in [0.15, 0.2) is 53.5 Å². The number of hydrogen-bond donors (Lipinski definition) is 4. The number of rotatable bonds is 3. The Kier molecular flexibility index (Phi) is 5.44. The fourth-order valence-electron chi connectivity index (χ4n) is 4.06. The van der Waals surface area contributed by atoms with E-state index in [1.165, 1.54) is 0 Å². The highest BCUT2D eigenvalue weighted by Crippen LogP contribution is 2.40. The van der Waals surface area contributed by atoms with E-state index in [2.05, 4.69) is 20.6 Å². The summed E-state index contributed by atoms with van der Waals surface area (Å²) < 4.78 is 11.1. The van der Waals surface area contributed by atoms with Crippen LogP contribution < -0.4 is 22.1 Å². The van der Waals surface area contributed by atoms with E-state index in [1.54, 1.807) is 0 Å². The van der Waals surface area contributed by atoms with Gasteiger partial charge in [-0.15, -0.1) is 0 Å². The number of nitrogen functional groups attached to an aromatic ring is 2. The van der Waals surface area contributed by atoms with E-state index in [1.807, 2.05) is 60.8 Å². The van der Waals surface area contributed by atoms with Crippen molar-refractivity contribution in [3.05, 3.63) is 70.8 Å². The molecule has 3 aromatic rings. The minimum absolute atomic E-state index is 0.00964. The van der Waals surface area contributed by atoms with E-state index in [0.29, 0.717) is 24.6 Å². The molecule has 168 valence electrons. The van der Waals surface area contributed by atoms with Gasteiger partial charge in [0.2, 0.25) is 5.96 Å². The Morgan fingerprint density at radius 2 is 1.56 bits per heavy atom. The Morgan fingerprint density at radius 3 is 2.15 bits per heavy atom. The molecule has 6 N–H and O–H groups in total. The average molecular weight is 452 g/mol. The maximum atomic E-state index is 9.47. The summed E-state index contributed by atoms with van der Waals surface area (Å²) in [5.41, 5.74) is 16.9. The number of pyridine rings is 1. The van der Waals surface area contributed by atoms with Gasteiger partial charge in [-0.2, -0.15) is 10.5 Å². The second-order valence-electron chi connectivity index (χ2n) is 7.72. The Balaban J connectivity index is 1.49. The molecule has 1 atom stereocenters. The number of guanidine groups is 1. The highest BCUT2D eigenvalue weighted by atomic mass is 16.7. The molecule has 0 bridgehead atoms. The van der Waals surface area contributed by atoms with Crippen molar-refractivity contribution in [1.82, 2.24) is 10.3 Å². The zero-order valence-corrected chi connectivity index (χ0v) is 17.9. The maximum Gasteiger partial charge on any atom is 0.211 e. The van der Waals surface area contributed by atoms with Crippen molar-refractivity contribution in [2.75, 3.05) is 30.0 Å². The van der Waals surface area contributed by atoms with Gasteiger partial charge in [0.15, 0.2) is 12.5 Å². The smallest absolute Gasteiger partial charge is 0.211 e. The van der Waals surface area contributed by atoms with E-state index >= 15 is 0 Å². The largest absolute Gasteiger partial charge is 0.397 e. The van der Waals surface area contributed by atoms with Crippen LogP contribution >= 0.6 is 0 Å². The Bertz CT molecular complexity index is 1350. The first kappa shape index (κ1) is 21.2. The highest BCUT2D eigenvalue weighted by Gasteiger charge is 2.29. The van der Waals surface area contributed by atoms with E-state index < -0.39 is 6.04 Å². The molecule has 0 radical (unpaired) electrons. The van der Waals surface area contributed by atoms with Gasteiger partial charge in [-0.3, -0.25) is 5.32 Å². The predicted octanol–water partition coefficient (Wildman–Crippen LogP) is 2.77. The van der Waals surface area contributed by atoms with Crippen LogP contribution in [0.5, 0.6) is 0 Å². The molecule has 5 rings (SSSR count). The van der Waals surface area contributed by atoms with Crippen LogP contribution in [0.25, 0.3) is 11.1 Å². The summed E-state index contributed by atoms with van der Waals surface area (Å²) in [4.78, 5) is 8.85. The first-order chi connectivity index (χ1) is 16.6.